The summed E-state index contributed by atoms with van der Waals surface area (Å²) < 4.78 is 51.8. The second kappa shape index (κ2) is 5.41. The van der Waals surface area contributed by atoms with Crippen LogP contribution in [0.1, 0.15) is 5.56 Å². The predicted octanol–water partition coefficient (Wildman–Crippen LogP) is 1.84. The molecule has 1 heterocycles. The van der Waals surface area contributed by atoms with Gasteiger partial charge < -0.3 is 0 Å². The number of rotatable bonds is 4. The molecular formula is C12H10F2N2O2S. The fourth-order valence-electron chi connectivity index (χ4n) is 1.42. The maximum absolute atomic E-state index is 13.3. The van der Waals surface area contributed by atoms with Gasteiger partial charge in [0.05, 0.1) is 0 Å². The van der Waals surface area contributed by atoms with Gasteiger partial charge in [0.2, 0.25) is 5.03 Å². The molecule has 0 amide bonds. The fourth-order valence-corrected chi connectivity index (χ4v) is 2.44. The van der Waals surface area contributed by atoms with Gasteiger partial charge in [0.15, 0.2) is 5.82 Å². The summed E-state index contributed by atoms with van der Waals surface area (Å²) in [6.07, 6.45) is 1.19. The van der Waals surface area contributed by atoms with Gasteiger partial charge in [-0.05, 0) is 29.8 Å². The summed E-state index contributed by atoms with van der Waals surface area (Å²) in [5, 5.41) is -0.655. The van der Waals surface area contributed by atoms with Crippen LogP contribution >= 0.6 is 0 Å². The summed E-state index contributed by atoms with van der Waals surface area (Å²) in [6, 6.07) is 7.61. The number of benzene rings is 1. The smallest absolute Gasteiger partial charge is 0.241 e. The van der Waals surface area contributed by atoms with Crippen LogP contribution in [0.4, 0.5) is 8.78 Å². The molecule has 0 atom stereocenters. The van der Waals surface area contributed by atoms with E-state index in [0.29, 0.717) is 5.56 Å². The maximum atomic E-state index is 13.3. The molecule has 7 heteroatoms. The largest absolute Gasteiger partial charge is 0.261 e. The number of pyridine rings is 1. The van der Waals surface area contributed by atoms with Crippen molar-refractivity contribution in [1.82, 2.24) is 9.71 Å². The van der Waals surface area contributed by atoms with Crippen molar-refractivity contribution in [3.8, 4) is 0 Å². The van der Waals surface area contributed by atoms with Crippen LogP contribution in [0.25, 0.3) is 0 Å². The highest BCUT2D eigenvalue weighted by Crippen LogP contribution is 2.11. The molecule has 0 fully saturated rings. The number of hydrogen-bond donors (Lipinski definition) is 1. The van der Waals surface area contributed by atoms with Gasteiger partial charge >= 0.3 is 0 Å². The molecule has 0 aliphatic rings. The third kappa shape index (κ3) is 3.33. The first-order valence-corrected chi connectivity index (χ1v) is 6.82. The maximum Gasteiger partial charge on any atom is 0.261 e. The number of aromatic nitrogens is 1. The van der Waals surface area contributed by atoms with Crippen molar-refractivity contribution in [2.45, 2.75) is 11.6 Å². The number of hydrogen-bond acceptors (Lipinski definition) is 3. The molecule has 100 valence electrons. The lowest BCUT2D eigenvalue weighted by Crippen LogP contribution is -2.25. The van der Waals surface area contributed by atoms with Crippen molar-refractivity contribution < 1.29 is 17.2 Å². The number of halogens is 2. The normalized spacial score (nSPS) is 11.5. The Hall–Kier alpha value is -1.86. The molecule has 0 aliphatic carbocycles. The van der Waals surface area contributed by atoms with E-state index in [1.54, 1.807) is 0 Å². The van der Waals surface area contributed by atoms with Gasteiger partial charge in [-0.25, -0.2) is 26.9 Å². The zero-order chi connectivity index (χ0) is 13.9. The molecule has 4 nitrogen and oxygen atoms in total. The predicted molar refractivity (Wildman–Crippen MR) is 64.6 cm³/mol. The third-order valence-corrected chi connectivity index (χ3v) is 3.69. The molecule has 0 unspecified atom stereocenters. The van der Waals surface area contributed by atoms with E-state index in [1.165, 1.54) is 36.5 Å². The van der Waals surface area contributed by atoms with Crippen LogP contribution in [0.15, 0.2) is 47.6 Å². The van der Waals surface area contributed by atoms with Crippen LogP contribution in [0.3, 0.4) is 0 Å². The van der Waals surface area contributed by atoms with Crippen molar-refractivity contribution in [1.29, 1.82) is 0 Å². The second-order valence-corrected chi connectivity index (χ2v) is 5.42. The number of nitrogens with one attached hydrogen (secondary N) is 1. The van der Waals surface area contributed by atoms with Crippen molar-refractivity contribution >= 4 is 10.0 Å². The Morgan fingerprint density at radius 2 is 1.79 bits per heavy atom. The molecule has 0 aliphatic heterocycles. The molecule has 1 aromatic carbocycles. The van der Waals surface area contributed by atoms with Crippen LogP contribution in [0.2, 0.25) is 0 Å². The zero-order valence-corrected chi connectivity index (χ0v) is 10.5. The minimum atomic E-state index is -4.03. The summed E-state index contributed by atoms with van der Waals surface area (Å²) in [6.45, 7) is -0.0708. The van der Waals surface area contributed by atoms with Gasteiger partial charge in [-0.1, -0.05) is 12.1 Å². The third-order valence-electron chi connectivity index (χ3n) is 2.36. The molecular weight excluding hydrogens is 274 g/mol. The first kappa shape index (κ1) is 13.6. The van der Waals surface area contributed by atoms with E-state index >= 15 is 0 Å². The topological polar surface area (TPSA) is 59.1 Å². The van der Waals surface area contributed by atoms with E-state index in [0.717, 1.165) is 6.07 Å². The van der Waals surface area contributed by atoms with E-state index < -0.39 is 26.7 Å². The van der Waals surface area contributed by atoms with Gasteiger partial charge in [0, 0.05) is 12.7 Å². The van der Waals surface area contributed by atoms with E-state index in [9.17, 15) is 17.2 Å². The van der Waals surface area contributed by atoms with Gasteiger partial charge in [0.1, 0.15) is 5.82 Å². The number of sulfonamides is 1. The second-order valence-electron chi connectivity index (χ2n) is 3.74. The minimum Gasteiger partial charge on any atom is -0.241 e. The Morgan fingerprint density at radius 1 is 1.11 bits per heavy atom. The van der Waals surface area contributed by atoms with Crippen molar-refractivity contribution in [3.63, 3.8) is 0 Å². The minimum absolute atomic E-state index is 0.0708. The standard InChI is InChI=1S/C12H10F2N2O2S/c13-10-5-3-9(4-6-10)8-16-19(17,18)12-11(14)2-1-7-15-12/h1-7,16H,8H2. The van der Waals surface area contributed by atoms with Crippen LogP contribution in [-0.2, 0) is 16.6 Å². The SMILES string of the molecule is O=S(=O)(NCc1ccc(F)cc1)c1ncccc1F. The van der Waals surface area contributed by atoms with Gasteiger partial charge in [-0.2, -0.15) is 0 Å². The van der Waals surface area contributed by atoms with Crippen LogP contribution in [0.5, 0.6) is 0 Å². The van der Waals surface area contributed by atoms with Crippen LogP contribution < -0.4 is 4.72 Å². The van der Waals surface area contributed by atoms with E-state index in [-0.39, 0.29) is 6.54 Å². The molecule has 1 aromatic heterocycles. The van der Waals surface area contributed by atoms with Crippen molar-refractivity contribution in [3.05, 3.63) is 59.8 Å². The average Bonchev–Trinajstić information content (AvgIpc) is 2.38. The molecule has 19 heavy (non-hydrogen) atoms. The fraction of sp³-hybridized carbons (Fsp3) is 0.0833. The quantitative estimate of drug-likeness (QED) is 0.932. The summed E-state index contributed by atoms with van der Waals surface area (Å²) >= 11 is 0. The van der Waals surface area contributed by atoms with E-state index in [1.807, 2.05) is 0 Å². The Morgan fingerprint density at radius 3 is 2.42 bits per heavy atom. The monoisotopic (exact) mass is 284 g/mol. The summed E-state index contributed by atoms with van der Waals surface area (Å²) in [5.74, 6) is -1.34. The molecule has 0 saturated heterocycles. The Bertz CT molecular complexity index is 672. The van der Waals surface area contributed by atoms with Gasteiger partial charge in [0.25, 0.3) is 10.0 Å². The lowest BCUT2D eigenvalue weighted by atomic mass is 10.2. The molecule has 1 N–H and O–H groups in total. The molecule has 0 radical (unpaired) electrons. The Kier molecular flexibility index (Phi) is 3.87. The summed E-state index contributed by atoms with van der Waals surface area (Å²) in [4.78, 5) is 3.49. The number of nitrogens with zero attached hydrogens (tertiary/aromatic N) is 1. The highest BCUT2D eigenvalue weighted by molar-refractivity contribution is 7.89. The molecule has 2 rings (SSSR count). The molecule has 2 aromatic rings. The highest BCUT2D eigenvalue weighted by atomic mass is 32.2. The zero-order valence-electron chi connectivity index (χ0n) is 9.68. The van der Waals surface area contributed by atoms with Crippen LogP contribution in [-0.4, -0.2) is 13.4 Å². The van der Waals surface area contributed by atoms with Crippen molar-refractivity contribution in [2.24, 2.45) is 0 Å². The van der Waals surface area contributed by atoms with Crippen molar-refractivity contribution in [2.75, 3.05) is 0 Å². The summed E-state index contributed by atoms with van der Waals surface area (Å²) in [5.41, 5.74) is 0.557. The first-order chi connectivity index (χ1) is 8.99. The lowest BCUT2D eigenvalue weighted by Gasteiger charge is -2.06. The van der Waals surface area contributed by atoms with Crippen LogP contribution in [0, 0.1) is 11.6 Å². The van der Waals surface area contributed by atoms with Gasteiger partial charge in [-0.15, -0.1) is 0 Å². The van der Waals surface area contributed by atoms with E-state index in [2.05, 4.69) is 9.71 Å². The first-order valence-electron chi connectivity index (χ1n) is 5.34. The summed E-state index contributed by atoms with van der Waals surface area (Å²) in [7, 11) is -4.03. The molecule has 0 spiro atoms. The Balaban J connectivity index is 2.14. The van der Waals surface area contributed by atoms with E-state index in [4.69, 9.17) is 0 Å². The average molecular weight is 284 g/mol. The molecule has 0 bridgehead atoms. The van der Waals surface area contributed by atoms with Gasteiger partial charge in [-0.3, -0.25) is 0 Å². The molecule has 0 saturated carbocycles. The highest BCUT2D eigenvalue weighted by Gasteiger charge is 2.19. The Labute approximate surface area is 109 Å². The lowest BCUT2D eigenvalue weighted by molar-refractivity contribution is 0.544.